The summed E-state index contributed by atoms with van der Waals surface area (Å²) in [4.78, 5) is 0. The van der Waals surface area contributed by atoms with Crippen molar-refractivity contribution in [3.05, 3.63) is 0 Å². The molecule has 15 heavy (non-hydrogen) atoms. The molecule has 0 saturated carbocycles. The standard InChI is InChI=1S/C9H13NO5/c1-4-5(11)6(12)7-8(13-4)15-9(2,3-10)14-7/h4-8,11-12H,1-2H3/t4-,5+,6+,7-,8-,9+/m1/s1. The minimum Gasteiger partial charge on any atom is -0.388 e. The highest BCUT2D eigenvalue weighted by molar-refractivity contribution is 5.00. The van der Waals surface area contributed by atoms with E-state index in [1.54, 1.807) is 6.92 Å². The van der Waals surface area contributed by atoms with E-state index in [1.165, 1.54) is 6.92 Å². The van der Waals surface area contributed by atoms with Crippen LogP contribution in [-0.2, 0) is 14.2 Å². The first-order valence-electron chi connectivity index (χ1n) is 4.75. The van der Waals surface area contributed by atoms with Crippen LogP contribution >= 0.6 is 0 Å². The lowest BCUT2D eigenvalue weighted by Gasteiger charge is -2.35. The number of hydrogen-bond acceptors (Lipinski definition) is 6. The maximum atomic E-state index is 9.70. The van der Waals surface area contributed by atoms with Crippen LogP contribution < -0.4 is 0 Å². The summed E-state index contributed by atoms with van der Waals surface area (Å²) >= 11 is 0. The molecule has 2 aliphatic rings. The summed E-state index contributed by atoms with van der Waals surface area (Å²) < 4.78 is 15.7. The number of nitrogens with zero attached hydrogens (tertiary/aromatic N) is 1. The zero-order chi connectivity index (χ0) is 11.2. The van der Waals surface area contributed by atoms with E-state index in [-0.39, 0.29) is 0 Å². The molecule has 2 aliphatic heterocycles. The van der Waals surface area contributed by atoms with Gasteiger partial charge >= 0.3 is 0 Å². The van der Waals surface area contributed by atoms with Crippen LogP contribution in [0.4, 0.5) is 0 Å². The zero-order valence-corrected chi connectivity index (χ0v) is 8.45. The minimum atomic E-state index is -1.42. The molecule has 0 bridgehead atoms. The summed E-state index contributed by atoms with van der Waals surface area (Å²) in [6.45, 7) is 3.06. The van der Waals surface area contributed by atoms with Gasteiger partial charge in [0, 0.05) is 6.92 Å². The topological polar surface area (TPSA) is 91.9 Å². The fourth-order valence-corrected chi connectivity index (χ4v) is 1.78. The molecule has 2 N–H and O–H groups in total. The first-order chi connectivity index (χ1) is 6.97. The Morgan fingerprint density at radius 2 is 1.93 bits per heavy atom. The van der Waals surface area contributed by atoms with Crippen molar-refractivity contribution in [2.45, 2.75) is 50.3 Å². The van der Waals surface area contributed by atoms with Gasteiger partial charge in [0.2, 0.25) is 0 Å². The number of nitriles is 1. The SMILES string of the molecule is C[C@H]1O[C@@H]2O[C@@](C)(C#N)O[C@@H]2[C@@H](O)[C@H]1O. The Kier molecular flexibility index (Phi) is 2.45. The molecule has 0 aromatic carbocycles. The molecule has 6 nitrogen and oxygen atoms in total. The number of aliphatic hydroxyl groups excluding tert-OH is 2. The van der Waals surface area contributed by atoms with E-state index in [1.807, 2.05) is 6.07 Å². The van der Waals surface area contributed by atoms with Gasteiger partial charge in [-0.25, -0.2) is 0 Å². The van der Waals surface area contributed by atoms with Crippen molar-refractivity contribution < 1.29 is 24.4 Å². The van der Waals surface area contributed by atoms with Crippen molar-refractivity contribution in [3.63, 3.8) is 0 Å². The number of hydrogen-bond donors (Lipinski definition) is 2. The smallest absolute Gasteiger partial charge is 0.259 e. The van der Waals surface area contributed by atoms with Crippen LogP contribution in [0.25, 0.3) is 0 Å². The molecule has 6 atom stereocenters. The summed E-state index contributed by atoms with van der Waals surface area (Å²) in [6.07, 6.45) is -4.31. The second-order valence-corrected chi connectivity index (χ2v) is 3.95. The van der Waals surface area contributed by atoms with Gasteiger partial charge in [-0.1, -0.05) is 0 Å². The molecule has 0 unspecified atom stereocenters. The summed E-state index contributed by atoms with van der Waals surface area (Å²) in [5, 5.41) is 28.0. The van der Waals surface area contributed by atoms with E-state index in [0.29, 0.717) is 0 Å². The average molecular weight is 215 g/mol. The Morgan fingerprint density at radius 3 is 2.53 bits per heavy atom. The first kappa shape index (κ1) is 10.8. The van der Waals surface area contributed by atoms with Crippen molar-refractivity contribution in [1.82, 2.24) is 0 Å². The molecule has 0 aliphatic carbocycles. The Morgan fingerprint density at radius 1 is 1.27 bits per heavy atom. The lowest BCUT2D eigenvalue weighted by atomic mass is 10.0. The molecule has 2 heterocycles. The molecular weight excluding hydrogens is 202 g/mol. The van der Waals surface area contributed by atoms with Crippen molar-refractivity contribution in [3.8, 4) is 6.07 Å². The van der Waals surface area contributed by atoms with Gasteiger partial charge < -0.3 is 24.4 Å². The molecule has 6 heteroatoms. The Bertz CT molecular complexity index is 303. The van der Waals surface area contributed by atoms with Crippen molar-refractivity contribution in [2.24, 2.45) is 0 Å². The van der Waals surface area contributed by atoms with Gasteiger partial charge in [0.25, 0.3) is 5.79 Å². The Labute approximate surface area is 87.0 Å². The highest BCUT2D eigenvalue weighted by Gasteiger charge is 2.54. The lowest BCUT2D eigenvalue weighted by molar-refractivity contribution is -0.243. The van der Waals surface area contributed by atoms with Gasteiger partial charge in [-0.05, 0) is 6.92 Å². The molecule has 0 amide bonds. The molecule has 0 radical (unpaired) electrons. The van der Waals surface area contributed by atoms with E-state index >= 15 is 0 Å². The van der Waals surface area contributed by atoms with Crippen LogP contribution in [0.5, 0.6) is 0 Å². The van der Waals surface area contributed by atoms with E-state index < -0.39 is 36.5 Å². The molecule has 0 aromatic heterocycles. The molecule has 0 aromatic rings. The quantitative estimate of drug-likeness (QED) is 0.544. The number of ether oxygens (including phenoxy) is 3. The maximum absolute atomic E-state index is 9.70. The molecular formula is C9H13NO5. The zero-order valence-electron chi connectivity index (χ0n) is 8.45. The molecule has 2 saturated heterocycles. The average Bonchev–Trinajstić information content (AvgIpc) is 2.53. The van der Waals surface area contributed by atoms with Gasteiger partial charge in [0.15, 0.2) is 6.29 Å². The predicted octanol–water partition coefficient (Wildman–Crippen LogP) is -0.892. The first-order valence-corrected chi connectivity index (χ1v) is 4.75. The summed E-state index contributed by atoms with van der Waals surface area (Å²) in [5.41, 5.74) is 0. The van der Waals surface area contributed by atoms with E-state index in [2.05, 4.69) is 0 Å². The van der Waals surface area contributed by atoms with Crippen LogP contribution in [0.1, 0.15) is 13.8 Å². The van der Waals surface area contributed by atoms with Crippen molar-refractivity contribution in [1.29, 1.82) is 5.26 Å². The van der Waals surface area contributed by atoms with Crippen LogP contribution in [0.3, 0.4) is 0 Å². The number of aliphatic hydroxyl groups is 2. The van der Waals surface area contributed by atoms with Gasteiger partial charge in [-0.15, -0.1) is 0 Å². The molecule has 2 fully saturated rings. The lowest BCUT2D eigenvalue weighted by Crippen LogP contribution is -2.55. The number of fused-ring (bicyclic) bond motifs is 1. The summed E-state index contributed by atoms with van der Waals surface area (Å²) in [7, 11) is 0. The van der Waals surface area contributed by atoms with Crippen molar-refractivity contribution in [2.75, 3.05) is 0 Å². The van der Waals surface area contributed by atoms with Crippen LogP contribution in [-0.4, -0.2) is 46.7 Å². The molecule has 84 valence electrons. The van der Waals surface area contributed by atoms with Crippen LogP contribution in [0, 0.1) is 11.3 Å². The maximum Gasteiger partial charge on any atom is 0.259 e. The van der Waals surface area contributed by atoms with Gasteiger partial charge in [0.05, 0.1) is 6.10 Å². The van der Waals surface area contributed by atoms with Crippen LogP contribution in [0.15, 0.2) is 0 Å². The summed E-state index contributed by atoms with van der Waals surface area (Å²) in [6, 6.07) is 1.83. The van der Waals surface area contributed by atoms with E-state index in [4.69, 9.17) is 19.5 Å². The highest BCUT2D eigenvalue weighted by atomic mass is 16.8. The second-order valence-electron chi connectivity index (χ2n) is 3.95. The third-order valence-corrected chi connectivity index (χ3v) is 2.69. The minimum absolute atomic E-state index is 0.550. The Hall–Kier alpha value is -0.710. The van der Waals surface area contributed by atoms with Gasteiger partial charge in [-0.3, -0.25) is 0 Å². The fourth-order valence-electron chi connectivity index (χ4n) is 1.78. The molecule has 2 rings (SSSR count). The molecule has 0 spiro atoms. The van der Waals surface area contributed by atoms with Gasteiger partial charge in [-0.2, -0.15) is 5.26 Å². The highest BCUT2D eigenvalue weighted by Crippen LogP contribution is 2.35. The van der Waals surface area contributed by atoms with E-state index in [0.717, 1.165) is 0 Å². The number of rotatable bonds is 0. The monoisotopic (exact) mass is 215 g/mol. The van der Waals surface area contributed by atoms with Crippen LogP contribution in [0.2, 0.25) is 0 Å². The third-order valence-electron chi connectivity index (χ3n) is 2.69. The largest absolute Gasteiger partial charge is 0.388 e. The Balaban J connectivity index is 2.18. The third kappa shape index (κ3) is 1.62. The second kappa shape index (κ2) is 3.40. The normalized spacial score (nSPS) is 54.7. The summed E-state index contributed by atoms with van der Waals surface area (Å²) in [5.74, 6) is -1.42. The van der Waals surface area contributed by atoms with Crippen molar-refractivity contribution >= 4 is 0 Å². The fraction of sp³-hybridized carbons (Fsp3) is 0.889. The predicted molar refractivity (Wildman–Crippen MR) is 46.3 cm³/mol. The van der Waals surface area contributed by atoms with E-state index in [9.17, 15) is 10.2 Å². The van der Waals surface area contributed by atoms with Gasteiger partial charge in [0.1, 0.15) is 24.4 Å².